The van der Waals surface area contributed by atoms with E-state index in [-0.39, 0.29) is 30.2 Å². The van der Waals surface area contributed by atoms with E-state index in [0.29, 0.717) is 5.69 Å². The van der Waals surface area contributed by atoms with Crippen LogP contribution in [0.2, 0.25) is 0 Å². The lowest BCUT2D eigenvalue weighted by molar-refractivity contribution is -0.385. The molecule has 0 radical (unpaired) electrons. The van der Waals surface area contributed by atoms with Gasteiger partial charge in [-0.1, -0.05) is 18.2 Å². The van der Waals surface area contributed by atoms with Crippen molar-refractivity contribution in [3.8, 4) is 11.5 Å². The van der Waals surface area contributed by atoms with Crippen molar-refractivity contribution in [2.24, 2.45) is 0 Å². The van der Waals surface area contributed by atoms with Gasteiger partial charge in [-0.2, -0.15) is 0 Å². The number of nitro benzene ring substituents is 1. The molecule has 2 aromatic rings. The van der Waals surface area contributed by atoms with E-state index in [1.807, 2.05) is 32.0 Å². The first kappa shape index (κ1) is 22.7. The maximum Gasteiger partial charge on any atom is 0.286 e. The van der Waals surface area contributed by atoms with Gasteiger partial charge in [0.2, 0.25) is 5.91 Å². The Labute approximate surface area is 174 Å². The first-order chi connectivity index (χ1) is 14.2. The molecule has 160 valence electrons. The van der Waals surface area contributed by atoms with Crippen molar-refractivity contribution < 1.29 is 24.0 Å². The minimum absolute atomic E-state index is 0.149. The fraction of sp³-hybridized carbons (Fsp3) is 0.333. The maximum atomic E-state index is 12.9. The van der Waals surface area contributed by atoms with Crippen LogP contribution in [-0.4, -0.2) is 48.9 Å². The number of anilines is 1. The summed E-state index contributed by atoms with van der Waals surface area (Å²) in [5, 5.41) is 14.3. The number of methoxy groups -OCH3 is 1. The summed E-state index contributed by atoms with van der Waals surface area (Å²) < 4.78 is 10.5. The Morgan fingerprint density at radius 1 is 1.17 bits per heavy atom. The number of carbonyl (C=O) groups excluding carboxylic acids is 2. The molecule has 0 unspecified atom stereocenters. The normalized spacial score (nSPS) is 10.3. The smallest absolute Gasteiger partial charge is 0.286 e. The number of nitrogens with one attached hydrogen (secondary N) is 1. The van der Waals surface area contributed by atoms with E-state index in [1.165, 1.54) is 20.2 Å². The third kappa shape index (κ3) is 5.05. The summed E-state index contributed by atoms with van der Waals surface area (Å²) in [6, 6.07) is 8.03. The molecule has 9 heteroatoms. The summed E-state index contributed by atoms with van der Waals surface area (Å²) in [5.74, 6) is -0.732. The Balaban J connectivity index is 2.27. The summed E-state index contributed by atoms with van der Waals surface area (Å²) in [6.07, 6.45) is 0. The number of amides is 2. The second-order valence-corrected chi connectivity index (χ2v) is 6.69. The molecule has 0 fully saturated rings. The van der Waals surface area contributed by atoms with Gasteiger partial charge in [0.15, 0.2) is 11.5 Å². The summed E-state index contributed by atoms with van der Waals surface area (Å²) in [5.41, 5.74) is 1.85. The van der Waals surface area contributed by atoms with Crippen LogP contribution in [0, 0.1) is 24.0 Å². The van der Waals surface area contributed by atoms with Crippen LogP contribution < -0.4 is 14.8 Å². The largest absolute Gasteiger partial charge is 0.493 e. The van der Waals surface area contributed by atoms with Crippen LogP contribution in [0.15, 0.2) is 30.3 Å². The van der Waals surface area contributed by atoms with Crippen LogP contribution in [0.1, 0.15) is 28.4 Å². The van der Waals surface area contributed by atoms with Crippen molar-refractivity contribution >= 4 is 23.2 Å². The number of ether oxygens (including phenoxy) is 2. The Bertz CT molecular complexity index is 953. The van der Waals surface area contributed by atoms with E-state index in [4.69, 9.17) is 9.47 Å². The van der Waals surface area contributed by atoms with E-state index >= 15 is 0 Å². The standard InChI is InChI=1S/C21H25N3O6/c1-6-30-18-10-15(16(24(27)28)11-17(18)29-5)21(26)23(4)12-19(25)22-20-13(2)8-7-9-14(20)3/h7-11H,6,12H2,1-5H3,(H,22,25). The van der Waals surface area contributed by atoms with Crippen molar-refractivity contribution in [2.45, 2.75) is 20.8 Å². The molecule has 0 aliphatic rings. The monoisotopic (exact) mass is 415 g/mol. The number of nitrogens with zero attached hydrogens (tertiary/aromatic N) is 2. The number of nitro groups is 1. The van der Waals surface area contributed by atoms with E-state index < -0.39 is 22.4 Å². The molecule has 0 bridgehead atoms. The molecule has 0 spiro atoms. The van der Waals surface area contributed by atoms with Gasteiger partial charge < -0.3 is 19.7 Å². The number of carbonyl (C=O) groups is 2. The van der Waals surface area contributed by atoms with Crippen LogP contribution in [0.3, 0.4) is 0 Å². The second-order valence-electron chi connectivity index (χ2n) is 6.69. The SMILES string of the molecule is CCOc1cc(C(=O)N(C)CC(=O)Nc2c(C)cccc2C)c([N+](=O)[O-])cc1OC. The van der Waals surface area contributed by atoms with Crippen molar-refractivity contribution in [3.63, 3.8) is 0 Å². The highest BCUT2D eigenvalue weighted by Gasteiger charge is 2.27. The Morgan fingerprint density at radius 2 is 1.80 bits per heavy atom. The van der Waals surface area contributed by atoms with Gasteiger partial charge in [0.05, 0.1) is 31.3 Å². The average Bonchev–Trinajstić information content (AvgIpc) is 2.70. The van der Waals surface area contributed by atoms with Crippen LogP contribution >= 0.6 is 0 Å². The van der Waals surface area contributed by atoms with Crippen molar-refractivity contribution in [2.75, 3.05) is 32.6 Å². The zero-order valence-electron chi connectivity index (χ0n) is 17.6. The molecule has 0 saturated carbocycles. The molecule has 0 aromatic heterocycles. The molecule has 0 saturated heterocycles. The number of para-hydroxylation sites is 1. The highest BCUT2D eigenvalue weighted by atomic mass is 16.6. The van der Waals surface area contributed by atoms with E-state index in [9.17, 15) is 19.7 Å². The highest BCUT2D eigenvalue weighted by Crippen LogP contribution is 2.35. The van der Waals surface area contributed by atoms with Gasteiger partial charge in [-0.05, 0) is 31.9 Å². The number of likely N-dealkylation sites (N-methyl/N-ethyl adjacent to an activating group) is 1. The van der Waals surface area contributed by atoms with Crippen molar-refractivity contribution in [1.29, 1.82) is 0 Å². The molecule has 0 heterocycles. The first-order valence-electron chi connectivity index (χ1n) is 9.30. The van der Waals surface area contributed by atoms with Crippen LogP contribution in [0.4, 0.5) is 11.4 Å². The molecule has 0 aliphatic carbocycles. The lowest BCUT2D eigenvalue weighted by Gasteiger charge is -2.19. The number of rotatable bonds is 8. The fourth-order valence-corrected chi connectivity index (χ4v) is 2.98. The molecule has 30 heavy (non-hydrogen) atoms. The lowest BCUT2D eigenvalue weighted by atomic mass is 10.1. The van der Waals surface area contributed by atoms with E-state index in [2.05, 4.69) is 5.32 Å². The summed E-state index contributed by atoms with van der Waals surface area (Å²) in [7, 11) is 2.76. The van der Waals surface area contributed by atoms with Crippen molar-refractivity contribution in [1.82, 2.24) is 4.90 Å². The van der Waals surface area contributed by atoms with Crippen LogP contribution in [-0.2, 0) is 4.79 Å². The van der Waals surface area contributed by atoms with Gasteiger partial charge in [0.1, 0.15) is 5.56 Å². The van der Waals surface area contributed by atoms with Crippen LogP contribution in [0.5, 0.6) is 11.5 Å². The minimum atomic E-state index is -0.679. The molecular formula is C21H25N3O6. The summed E-state index contributed by atoms with van der Waals surface area (Å²) in [6.45, 7) is 5.49. The molecule has 9 nitrogen and oxygen atoms in total. The number of hydrogen-bond donors (Lipinski definition) is 1. The molecule has 0 aliphatic heterocycles. The Kier molecular flexibility index (Phi) is 7.35. The quantitative estimate of drug-likeness (QED) is 0.523. The molecule has 2 rings (SSSR count). The lowest BCUT2D eigenvalue weighted by Crippen LogP contribution is -2.35. The van der Waals surface area contributed by atoms with Crippen LogP contribution in [0.25, 0.3) is 0 Å². The summed E-state index contributed by atoms with van der Waals surface area (Å²) in [4.78, 5) is 37.3. The third-order valence-electron chi connectivity index (χ3n) is 4.48. The maximum absolute atomic E-state index is 12.9. The van der Waals surface area contributed by atoms with Gasteiger partial charge in [0, 0.05) is 18.8 Å². The van der Waals surface area contributed by atoms with Crippen molar-refractivity contribution in [3.05, 3.63) is 57.1 Å². The fourth-order valence-electron chi connectivity index (χ4n) is 2.98. The molecule has 1 N–H and O–H groups in total. The number of hydrogen-bond acceptors (Lipinski definition) is 6. The highest BCUT2D eigenvalue weighted by molar-refractivity contribution is 6.02. The molecule has 2 aromatic carbocycles. The van der Waals surface area contributed by atoms with Gasteiger partial charge in [-0.3, -0.25) is 19.7 Å². The predicted molar refractivity (Wildman–Crippen MR) is 112 cm³/mol. The van der Waals surface area contributed by atoms with E-state index in [1.54, 1.807) is 6.92 Å². The minimum Gasteiger partial charge on any atom is -0.493 e. The number of aryl methyl sites for hydroxylation is 2. The summed E-state index contributed by atoms with van der Waals surface area (Å²) >= 11 is 0. The Morgan fingerprint density at radius 3 is 2.33 bits per heavy atom. The Hall–Kier alpha value is -3.62. The third-order valence-corrected chi connectivity index (χ3v) is 4.48. The van der Waals surface area contributed by atoms with E-state index in [0.717, 1.165) is 22.1 Å². The zero-order chi connectivity index (χ0) is 22.4. The molecule has 0 atom stereocenters. The van der Waals surface area contributed by atoms with Gasteiger partial charge in [-0.25, -0.2) is 0 Å². The second kappa shape index (κ2) is 9.73. The average molecular weight is 415 g/mol. The van der Waals surface area contributed by atoms with Gasteiger partial charge in [-0.15, -0.1) is 0 Å². The zero-order valence-corrected chi connectivity index (χ0v) is 17.6. The molecular weight excluding hydrogens is 390 g/mol. The number of benzene rings is 2. The van der Waals surface area contributed by atoms with Gasteiger partial charge >= 0.3 is 0 Å². The first-order valence-corrected chi connectivity index (χ1v) is 9.30. The molecule has 2 amide bonds. The predicted octanol–water partition coefficient (Wildman–Crippen LogP) is 3.33. The topological polar surface area (TPSA) is 111 Å². The van der Waals surface area contributed by atoms with Gasteiger partial charge in [0.25, 0.3) is 11.6 Å².